The van der Waals surface area contributed by atoms with Crippen molar-refractivity contribution in [2.75, 3.05) is 17.7 Å². The van der Waals surface area contributed by atoms with Gasteiger partial charge >= 0.3 is 0 Å². The molecule has 5 aromatic rings. The molecule has 4 heterocycles. The second kappa shape index (κ2) is 8.49. The van der Waals surface area contributed by atoms with Gasteiger partial charge in [0.15, 0.2) is 5.65 Å². The number of hydrogen-bond donors (Lipinski definition) is 1. The van der Waals surface area contributed by atoms with Gasteiger partial charge in [-0.1, -0.05) is 0 Å². The Morgan fingerprint density at radius 1 is 1.19 bits per heavy atom. The first-order chi connectivity index (χ1) is 17.4. The molecule has 1 unspecified atom stereocenters. The lowest BCUT2D eigenvalue weighted by molar-refractivity contribution is 0.560. The van der Waals surface area contributed by atoms with E-state index >= 15 is 0 Å². The first-order valence-corrected chi connectivity index (χ1v) is 12.8. The van der Waals surface area contributed by atoms with Crippen LogP contribution < -0.4 is 4.90 Å². The Morgan fingerprint density at radius 3 is 2.86 bits per heavy atom. The number of anilines is 1. The number of nitrogens with one attached hydrogen (secondary N) is 1. The van der Waals surface area contributed by atoms with Crippen molar-refractivity contribution in [1.82, 2.24) is 24.6 Å². The van der Waals surface area contributed by atoms with Crippen LogP contribution in [0.5, 0.6) is 0 Å². The van der Waals surface area contributed by atoms with Crippen LogP contribution in [0, 0.1) is 23.0 Å². The van der Waals surface area contributed by atoms with Crippen LogP contribution in [-0.2, 0) is 10.8 Å². The number of aromatic amines is 1. The third kappa shape index (κ3) is 3.61. The number of aromatic nitrogens is 5. The van der Waals surface area contributed by atoms with Crippen LogP contribution in [0.4, 0.5) is 14.6 Å². The lowest BCUT2D eigenvalue weighted by atomic mass is 10.0. The lowest BCUT2D eigenvalue weighted by Crippen LogP contribution is -2.24. The molecular weight excluding hydrogens is 484 g/mol. The molecule has 6 rings (SSSR count). The van der Waals surface area contributed by atoms with Crippen molar-refractivity contribution in [3.05, 3.63) is 71.6 Å². The normalized spacial score (nSPS) is 16.6. The minimum atomic E-state index is -1.33. The van der Waals surface area contributed by atoms with E-state index in [9.17, 15) is 18.3 Å². The van der Waals surface area contributed by atoms with Crippen molar-refractivity contribution >= 4 is 33.3 Å². The Balaban J connectivity index is 1.43. The number of benzene rings is 2. The van der Waals surface area contributed by atoms with Crippen molar-refractivity contribution in [1.29, 1.82) is 5.26 Å². The second-order valence-electron chi connectivity index (χ2n) is 8.65. The predicted octanol–water partition coefficient (Wildman–Crippen LogP) is 4.50. The number of fused-ring (bicyclic) bond motifs is 2. The minimum Gasteiger partial charge on any atom is -0.349 e. The standard InChI is InChI=1S/C25H19F2N7OS/c1-36(35)22-11-20-19(9-14(22)12-28)30-24(31-20)17-13-29-34-8-6-23(32-25(17)34)33-7-2-3-21(33)16-10-15(26)4-5-18(16)27/h4-6,8-11,13,21H,2-3,7H2,1H3,(H,30,31)/t21-,36?/m1/s1. The number of imidazole rings is 1. The van der Waals surface area contributed by atoms with Gasteiger partial charge in [-0.3, -0.25) is 4.21 Å². The summed E-state index contributed by atoms with van der Waals surface area (Å²) in [5.74, 6) is 0.216. The molecule has 0 aliphatic carbocycles. The van der Waals surface area contributed by atoms with Gasteiger partial charge in [-0.25, -0.2) is 23.3 Å². The zero-order valence-electron chi connectivity index (χ0n) is 19.1. The number of hydrogen-bond acceptors (Lipinski definition) is 6. The Bertz CT molecular complexity index is 1720. The highest BCUT2D eigenvalue weighted by molar-refractivity contribution is 7.84. The smallest absolute Gasteiger partial charge is 0.168 e. The largest absolute Gasteiger partial charge is 0.349 e. The fourth-order valence-corrected chi connectivity index (χ4v) is 5.51. The predicted molar refractivity (Wildman–Crippen MR) is 131 cm³/mol. The van der Waals surface area contributed by atoms with Crippen molar-refractivity contribution in [2.24, 2.45) is 0 Å². The summed E-state index contributed by atoms with van der Waals surface area (Å²) in [6, 6.07) is 10.4. The fraction of sp³-hybridized carbons (Fsp3) is 0.200. The molecule has 1 saturated heterocycles. The Kier molecular flexibility index (Phi) is 5.26. The zero-order chi connectivity index (χ0) is 25.0. The molecule has 2 aromatic carbocycles. The highest BCUT2D eigenvalue weighted by Gasteiger charge is 2.30. The van der Waals surface area contributed by atoms with E-state index in [1.165, 1.54) is 12.3 Å². The molecule has 180 valence electrons. The summed E-state index contributed by atoms with van der Waals surface area (Å²) in [6.45, 7) is 0.659. The van der Waals surface area contributed by atoms with E-state index in [0.29, 0.717) is 62.9 Å². The van der Waals surface area contributed by atoms with Crippen LogP contribution in [0.15, 0.2) is 53.7 Å². The molecule has 1 N–H and O–H groups in total. The molecule has 0 radical (unpaired) electrons. The van der Waals surface area contributed by atoms with Crippen LogP contribution in [0.3, 0.4) is 0 Å². The third-order valence-electron chi connectivity index (χ3n) is 6.49. The SMILES string of the molecule is CS(=O)c1cc2[nH]c(-c3cnn4ccc(N5CCC[C@@H]5c5cc(F)ccc5F)nc34)nc2cc1C#N. The van der Waals surface area contributed by atoms with Crippen LogP contribution >= 0.6 is 0 Å². The summed E-state index contributed by atoms with van der Waals surface area (Å²) < 4.78 is 42.1. The molecule has 0 bridgehead atoms. The number of H-pyrrole nitrogens is 1. The molecule has 2 atom stereocenters. The van der Waals surface area contributed by atoms with Crippen molar-refractivity contribution < 1.29 is 13.0 Å². The molecule has 1 aliphatic rings. The maximum absolute atomic E-state index is 14.6. The van der Waals surface area contributed by atoms with Crippen molar-refractivity contribution in [3.8, 4) is 17.5 Å². The van der Waals surface area contributed by atoms with Gasteiger partial charge in [-0.05, 0) is 49.2 Å². The molecule has 1 fully saturated rings. The van der Waals surface area contributed by atoms with Crippen LogP contribution in [0.1, 0.15) is 30.0 Å². The summed E-state index contributed by atoms with van der Waals surface area (Å²) in [7, 11) is -1.33. The molecule has 36 heavy (non-hydrogen) atoms. The Hall–Kier alpha value is -4.17. The van der Waals surface area contributed by atoms with E-state index < -0.39 is 22.4 Å². The molecule has 0 amide bonds. The average molecular weight is 504 g/mol. The summed E-state index contributed by atoms with van der Waals surface area (Å²) in [5.41, 5.74) is 3.01. The lowest BCUT2D eigenvalue weighted by Gasteiger charge is -2.26. The Labute approximate surface area is 206 Å². The first kappa shape index (κ1) is 22.3. The monoisotopic (exact) mass is 503 g/mol. The number of nitriles is 1. The zero-order valence-corrected chi connectivity index (χ0v) is 19.9. The van der Waals surface area contributed by atoms with Gasteiger partial charge in [0.2, 0.25) is 0 Å². The van der Waals surface area contributed by atoms with Gasteiger partial charge in [-0.15, -0.1) is 0 Å². The van der Waals surface area contributed by atoms with Crippen LogP contribution in [0.25, 0.3) is 28.1 Å². The van der Waals surface area contributed by atoms with Gasteiger partial charge in [0, 0.05) is 24.6 Å². The summed E-state index contributed by atoms with van der Waals surface area (Å²) in [4.78, 5) is 15.1. The van der Waals surface area contributed by atoms with E-state index in [4.69, 9.17) is 4.98 Å². The quantitative estimate of drug-likeness (QED) is 0.387. The number of rotatable bonds is 4. The molecule has 1 aliphatic heterocycles. The second-order valence-corrected chi connectivity index (χ2v) is 9.99. The number of halogens is 2. The maximum atomic E-state index is 14.6. The topological polar surface area (TPSA) is 103 Å². The number of nitrogens with zero attached hydrogens (tertiary/aromatic N) is 6. The van der Waals surface area contributed by atoms with Gasteiger partial charge < -0.3 is 9.88 Å². The van der Waals surface area contributed by atoms with Crippen molar-refractivity contribution in [2.45, 2.75) is 23.8 Å². The first-order valence-electron chi connectivity index (χ1n) is 11.3. The van der Waals surface area contributed by atoms with Crippen LogP contribution in [-0.4, -0.2) is 41.6 Å². The fourth-order valence-electron chi connectivity index (χ4n) is 4.81. The van der Waals surface area contributed by atoms with Crippen LogP contribution in [0.2, 0.25) is 0 Å². The van der Waals surface area contributed by atoms with Gasteiger partial charge in [0.1, 0.15) is 29.3 Å². The molecular formula is C25H19F2N7OS. The minimum absolute atomic E-state index is 0.311. The molecule has 0 saturated carbocycles. The third-order valence-corrected chi connectivity index (χ3v) is 7.44. The van der Waals surface area contributed by atoms with E-state index in [1.807, 2.05) is 4.90 Å². The maximum Gasteiger partial charge on any atom is 0.168 e. The molecule has 3 aromatic heterocycles. The van der Waals surface area contributed by atoms with Gasteiger partial charge in [0.05, 0.1) is 50.1 Å². The summed E-state index contributed by atoms with van der Waals surface area (Å²) >= 11 is 0. The molecule has 8 nitrogen and oxygen atoms in total. The van der Waals surface area contributed by atoms with E-state index in [2.05, 4.69) is 21.1 Å². The van der Waals surface area contributed by atoms with Gasteiger partial charge in [-0.2, -0.15) is 10.4 Å². The van der Waals surface area contributed by atoms with E-state index in [-0.39, 0.29) is 6.04 Å². The molecule has 0 spiro atoms. The van der Waals surface area contributed by atoms with Crippen molar-refractivity contribution in [3.63, 3.8) is 0 Å². The van der Waals surface area contributed by atoms with E-state index in [1.54, 1.807) is 35.1 Å². The Morgan fingerprint density at radius 2 is 2.06 bits per heavy atom. The highest BCUT2D eigenvalue weighted by Crippen LogP contribution is 2.37. The molecule has 11 heteroatoms. The highest BCUT2D eigenvalue weighted by atomic mass is 32.2. The summed E-state index contributed by atoms with van der Waals surface area (Å²) in [5, 5.41) is 13.8. The van der Waals surface area contributed by atoms with E-state index in [0.717, 1.165) is 18.6 Å². The summed E-state index contributed by atoms with van der Waals surface area (Å²) in [6.07, 6.45) is 6.45. The average Bonchev–Trinajstić information content (AvgIpc) is 3.61. The van der Waals surface area contributed by atoms with Gasteiger partial charge in [0.25, 0.3) is 0 Å².